The molecule has 3 N–H and O–H groups in total. The first-order valence-electron chi connectivity index (χ1n) is 8.07. The quantitative estimate of drug-likeness (QED) is 0.777. The summed E-state index contributed by atoms with van der Waals surface area (Å²) in [5.41, 5.74) is 6.43. The molecule has 2 rings (SSSR count). The molecule has 2 amide bonds. The second kappa shape index (κ2) is 8.82. The van der Waals surface area contributed by atoms with Crippen LogP contribution >= 0.6 is 0 Å². The summed E-state index contributed by atoms with van der Waals surface area (Å²) in [7, 11) is -1.26. The van der Waals surface area contributed by atoms with Crippen molar-refractivity contribution in [2.45, 2.75) is 50.3 Å². The fourth-order valence-corrected chi connectivity index (χ4v) is 3.88. The van der Waals surface area contributed by atoms with Gasteiger partial charge >= 0.3 is 0 Å². The van der Waals surface area contributed by atoms with E-state index in [2.05, 4.69) is 5.32 Å². The first-order chi connectivity index (χ1) is 11.0. The summed E-state index contributed by atoms with van der Waals surface area (Å²) in [6.07, 6.45) is 6.82. The van der Waals surface area contributed by atoms with Crippen molar-refractivity contribution < 1.29 is 13.8 Å². The Morgan fingerprint density at radius 1 is 1.09 bits per heavy atom. The molecule has 0 saturated heterocycles. The molecule has 0 heterocycles. The summed E-state index contributed by atoms with van der Waals surface area (Å²) in [4.78, 5) is 23.0. The Morgan fingerprint density at radius 2 is 1.70 bits per heavy atom. The van der Waals surface area contributed by atoms with Crippen molar-refractivity contribution in [2.75, 3.05) is 5.75 Å². The van der Waals surface area contributed by atoms with Crippen molar-refractivity contribution in [2.24, 2.45) is 5.73 Å². The van der Waals surface area contributed by atoms with Crippen LogP contribution in [0.15, 0.2) is 24.3 Å². The van der Waals surface area contributed by atoms with Crippen LogP contribution < -0.4 is 11.1 Å². The maximum atomic E-state index is 12.1. The molecule has 0 aromatic heterocycles. The Bertz CT molecular complexity index is 564. The maximum absolute atomic E-state index is 12.1. The first kappa shape index (κ1) is 17.7. The van der Waals surface area contributed by atoms with E-state index in [1.165, 1.54) is 12.8 Å². The zero-order valence-electron chi connectivity index (χ0n) is 13.3. The second-order valence-corrected chi connectivity index (χ2v) is 7.50. The molecule has 1 aromatic rings. The monoisotopic (exact) mass is 336 g/mol. The van der Waals surface area contributed by atoms with E-state index in [0.29, 0.717) is 11.3 Å². The highest BCUT2D eigenvalue weighted by molar-refractivity contribution is 7.84. The molecule has 6 heteroatoms. The van der Waals surface area contributed by atoms with Crippen LogP contribution in [0.5, 0.6) is 0 Å². The van der Waals surface area contributed by atoms with E-state index >= 15 is 0 Å². The molecule has 23 heavy (non-hydrogen) atoms. The minimum Gasteiger partial charge on any atom is -0.366 e. The van der Waals surface area contributed by atoms with E-state index < -0.39 is 16.7 Å². The van der Waals surface area contributed by atoms with Gasteiger partial charge < -0.3 is 11.1 Å². The number of primary amides is 1. The van der Waals surface area contributed by atoms with Gasteiger partial charge in [-0.05, 0) is 30.5 Å². The predicted molar refractivity (Wildman–Crippen MR) is 91.3 cm³/mol. The van der Waals surface area contributed by atoms with Gasteiger partial charge in [0.25, 0.3) is 0 Å². The highest BCUT2D eigenvalue weighted by Gasteiger charge is 2.16. The molecule has 0 aliphatic heterocycles. The summed E-state index contributed by atoms with van der Waals surface area (Å²) in [6, 6.07) is 6.90. The maximum Gasteiger partial charge on any atom is 0.248 e. The molecule has 1 fully saturated rings. The molecule has 1 saturated carbocycles. The van der Waals surface area contributed by atoms with Crippen molar-refractivity contribution in [1.82, 2.24) is 5.32 Å². The zero-order chi connectivity index (χ0) is 16.7. The van der Waals surface area contributed by atoms with Crippen LogP contribution in [0.25, 0.3) is 0 Å². The van der Waals surface area contributed by atoms with E-state index in [4.69, 9.17) is 5.73 Å². The predicted octanol–water partition coefficient (Wildman–Crippen LogP) is 1.87. The molecule has 0 spiro atoms. The van der Waals surface area contributed by atoms with Gasteiger partial charge in [-0.25, -0.2) is 0 Å². The minimum absolute atomic E-state index is 0.0219. The van der Waals surface area contributed by atoms with Gasteiger partial charge in [-0.3, -0.25) is 13.8 Å². The number of carbonyl (C=O) groups excluding carboxylic acids is 2. The number of rotatable bonds is 6. The van der Waals surface area contributed by atoms with E-state index in [9.17, 15) is 13.8 Å². The molecular weight excluding hydrogens is 312 g/mol. The SMILES string of the molecule is NC(=O)c1ccc(C[S@](=O)CC(=O)NC2CCCCCC2)cc1. The Kier molecular flexibility index (Phi) is 6.77. The normalized spacial score (nSPS) is 17.2. The lowest BCUT2D eigenvalue weighted by atomic mass is 10.1. The zero-order valence-corrected chi connectivity index (χ0v) is 14.1. The van der Waals surface area contributed by atoms with Crippen molar-refractivity contribution >= 4 is 22.6 Å². The lowest BCUT2D eigenvalue weighted by Crippen LogP contribution is -2.37. The molecule has 1 aliphatic carbocycles. The van der Waals surface area contributed by atoms with Gasteiger partial charge in [0.2, 0.25) is 11.8 Å². The number of nitrogens with one attached hydrogen (secondary N) is 1. The molecule has 5 nitrogen and oxygen atoms in total. The summed E-state index contributed by atoms with van der Waals surface area (Å²) >= 11 is 0. The van der Waals surface area contributed by atoms with Crippen molar-refractivity contribution in [3.05, 3.63) is 35.4 Å². The number of nitrogens with two attached hydrogens (primary N) is 1. The Morgan fingerprint density at radius 3 is 2.26 bits per heavy atom. The number of carbonyl (C=O) groups is 2. The van der Waals surface area contributed by atoms with Gasteiger partial charge in [0, 0.05) is 28.2 Å². The number of amides is 2. The molecule has 126 valence electrons. The second-order valence-electron chi connectivity index (χ2n) is 6.05. The van der Waals surface area contributed by atoms with Gasteiger partial charge in [0.1, 0.15) is 5.75 Å². The molecule has 0 radical (unpaired) electrons. The van der Waals surface area contributed by atoms with Crippen molar-refractivity contribution in [3.8, 4) is 0 Å². The van der Waals surface area contributed by atoms with Crippen molar-refractivity contribution in [1.29, 1.82) is 0 Å². The lowest BCUT2D eigenvalue weighted by Gasteiger charge is -2.16. The summed E-state index contributed by atoms with van der Waals surface area (Å²) in [6.45, 7) is 0. The molecule has 0 unspecified atom stereocenters. The number of benzene rings is 1. The fourth-order valence-electron chi connectivity index (χ4n) is 2.84. The Balaban J connectivity index is 1.79. The highest BCUT2D eigenvalue weighted by atomic mass is 32.2. The smallest absolute Gasteiger partial charge is 0.248 e. The highest BCUT2D eigenvalue weighted by Crippen LogP contribution is 2.17. The van der Waals surface area contributed by atoms with Crippen LogP contribution in [-0.2, 0) is 21.3 Å². The molecule has 1 atom stereocenters. The molecular formula is C17H24N2O3S. The van der Waals surface area contributed by atoms with Gasteiger partial charge in [-0.2, -0.15) is 0 Å². The third kappa shape index (κ3) is 6.14. The number of hydrogen-bond acceptors (Lipinski definition) is 3. The average molecular weight is 336 g/mol. The van der Waals surface area contributed by atoms with Gasteiger partial charge in [0.05, 0.1) is 0 Å². The topological polar surface area (TPSA) is 89.3 Å². The van der Waals surface area contributed by atoms with Gasteiger partial charge in [-0.15, -0.1) is 0 Å². The summed E-state index contributed by atoms with van der Waals surface area (Å²) < 4.78 is 12.1. The fraction of sp³-hybridized carbons (Fsp3) is 0.529. The van der Waals surface area contributed by atoms with Gasteiger partial charge in [-0.1, -0.05) is 37.8 Å². The van der Waals surface area contributed by atoms with Crippen molar-refractivity contribution in [3.63, 3.8) is 0 Å². The third-order valence-electron chi connectivity index (χ3n) is 4.08. The molecule has 1 aromatic carbocycles. The van der Waals surface area contributed by atoms with Crippen LogP contribution in [-0.4, -0.2) is 27.8 Å². The van der Waals surface area contributed by atoms with E-state index in [0.717, 1.165) is 31.2 Å². The van der Waals surface area contributed by atoms with Crippen LogP contribution in [0.1, 0.15) is 54.4 Å². The van der Waals surface area contributed by atoms with Crippen LogP contribution in [0.3, 0.4) is 0 Å². The molecule has 0 bridgehead atoms. The Labute approximate surface area is 139 Å². The van der Waals surface area contributed by atoms with E-state index in [-0.39, 0.29) is 17.7 Å². The minimum atomic E-state index is -1.26. The molecule has 1 aliphatic rings. The van der Waals surface area contributed by atoms with E-state index in [1.54, 1.807) is 24.3 Å². The summed E-state index contributed by atoms with van der Waals surface area (Å²) in [5, 5.41) is 3.01. The third-order valence-corrected chi connectivity index (χ3v) is 5.32. The Hall–Kier alpha value is -1.69. The standard InChI is InChI=1S/C17H24N2O3S/c18-17(21)14-9-7-13(8-10-14)11-23(22)12-16(20)19-15-5-3-1-2-4-6-15/h7-10,15H,1-6,11-12H2,(H2,18,21)(H,19,20)/t23-/m0/s1. The first-order valence-corrected chi connectivity index (χ1v) is 9.56. The number of hydrogen-bond donors (Lipinski definition) is 2. The van der Waals surface area contributed by atoms with Crippen LogP contribution in [0, 0.1) is 0 Å². The summed E-state index contributed by atoms with van der Waals surface area (Å²) in [5.74, 6) is -0.296. The average Bonchev–Trinajstić information content (AvgIpc) is 2.76. The lowest BCUT2D eigenvalue weighted by molar-refractivity contribution is -0.119. The van der Waals surface area contributed by atoms with Gasteiger partial charge in [0.15, 0.2) is 0 Å². The van der Waals surface area contributed by atoms with Crippen LogP contribution in [0.2, 0.25) is 0 Å². The van der Waals surface area contributed by atoms with E-state index in [1.807, 2.05) is 0 Å². The van der Waals surface area contributed by atoms with Crippen LogP contribution in [0.4, 0.5) is 0 Å². The largest absolute Gasteiger partial charge is 0.366 e.